The quantitative estimate of drug-likeness (QED) is 0.754. The number of piperazine rings is 1. The summed E-state index contributed by atoms with van der Waals surface area (Å²) in [6.45, 7) is 2.09. The fourth-order valence-electron chi connectivity index (χ4n) is 3.31. The molecule has 2 fully saturated rings. The average Bonchev–Trinajstić information content (AvgIpc) is 3.11. The minimum atomic E-state index is -3.46. The van der Waals surface area contributed by atoms with Gasteiger partial charge in [0.15, 0.2) is 9.84 Å². The summed E-state index contributed by atoms with van der Waals surface area (Å²) in [6, 6.07) is 7.17. The summed E-state index contributed by atoms with van der Waals surface area (Å²) in [5, 5.41) is 6.89. The van der Waals surface area contributed by atoms with Crippen molar-refractivity contribution >= 4 is 28.1 Å². The molecule has 0 saturated carbocycles. The number of carbonyl (C=O) groups is 3. The molecule has 0 spiro atoms. The minimum Gasteiger partial charge on any atom is -0.483 e. The van der Waals surface area contributed by atoms with Gasteiger partial charge in [-0.05, 0) is 31.9 Å². The van der Waals surface area contributed by atoms with E-state index in [0.717, 1.165) is 6.42 Å². The van der Waals surface area contributed by atoms with E-state index >= 15 is 0 Å². The lowest BCUT2D eigenvalue weighted by Crippen LogP contribution is -2.62. The summed E-state index contributed by atoms with van der Waals surface area (Å²) in [4.78, 5) is 36.6. The lowest BCUT2D eigenvalue weighted by Gasteiger charge is -2.40. The van der Waals surface area contributed by atoms with Crippen molar-refractivity contribution < 1.29 is 27.9 Å². The van der Waals surface area contributed by atoms with E-state index in [0.29, 0.717) is 13.0 Å². The van der Waals surface area contributed by atoms with Crippen molar-refractivity contribution in [3.63, 3.8) is 0 Å². The molecule has 3 rings (SSSR count). The lowest BCUT2D eigenvalue weighted by atomic mass is 10.1. The second-order valence-corrected chi connectivity index (χ2v) is 8.24. The molecule has 142 valence electrons. The van der Waals surface area contributed by atoms with Crippen LogP contribution in [-0.4, -0.2) is 72.5 Å². The van der Waals surface area contributed by atoms with Crippen LogP contribution in [0.5, 0.6) is 0 Å². The van der Waals surface area contributed by atoms with E-state index in [2.05, 4.69) is 0 Å². The van der Waals surface area contributed by atoms with E-state index in [4.69, 9.17) is 9.90 Å². The molecule has 26 heavy (non-hydrogen) atoms. The van der Waals surface area contributed by atoms with Gasteiger partial charge in [0.05, 0.1) is 10.6 Å². The molecule has 0 unspecified atom stereocenters. The SMILES string of the molecule is C[C@H]1C(=O)N2CCC[C@@H]2C(=O)N1CCS(=O)(=O)c1ccccc1.O=CO. The van der Waals surface area contributed by atoms with Crippen molar-refractivity contribution in [1.82, 2.24) is 9.80 Å². The van der Waals surface area contributed by atoms with E-state index < -0.39 is 21.9 Å². The summed E-state index contributed by atoms with van der Waals surface area (Å²) >= 11 is 0. The first-order valence-corrected chi connectivity index (χ1v) is 9.95. The van der Waals surface area contributed by atoms with Gasteiger partial charge >= 0.3 is 0 Å². The normalized spacial score (nSPS) is 22.5. The number of rotatable bonds is 4. The van der Waals surface area contributed by atoms with E-state index in [1.807, 2.05) is 0 Å². The predicted octanol–water partition coefficient (Wildman–Crippen LogP) is 0.383. The van der Waals surface area contributed by atoms with Gasteiger partial charge in [-0.3, -0.25) is 14.4 Å². The van der Waals surface area contributed by atoms with Crippen LogP contribution in [0.1, 0.15) is 19.8 Å². The van der Waals surface area contributed by atoms with Gasteiger partial charge in [0.1, 0.15) is 12.1 Å². The molecule has 2 atom stereocenters. The van der Waals surface area contributed by atoms with Gasteiger partial charge in [-0.25, -0.2) is 8.42 Å². The number of sulfone groups is 1. The molecule has 0 bridgehead atoms. The summed E-state index contributed by atoms with van der Waals surface area (Å²) < 4.78 is 24.7. The number of hydrogen-bond donors (Lipinski definition) is 1. The predicted molar refractivity (Wildman–Crippen MR) is 93.1 cm³/mol. The van der Waals surface area contributed by atoms with Crippen LogP contribution in [0.2, 0.25) is 0 Å². The van der Waals surface area contributed by atoms with E-state index in [1.165, 1.54) is 4.90 Å². The fourth-order valence-corrected chi connectivity index (χ4v) is 4.56. The van der Waals surface area contributed by atoms with E-state index in [1.54, 1.807) is 42.2 Å². The molecule has 2 amide bonds. The third-order valence-electron chi connectivity index (χ3n) is 4.63. The largest absolute Gasteiger partial charge is 0.483 e. The van der Waals surface area contributed by atoms with Crippen LogP contribution in [0.4, 0.5) is 0 Å². The highest BCUT2D eigenvalue weighted by molar-refractivity contribution is 7.91. The molecular weight excluding hydrogens is 360 g/mol. The molecule has 0 radical (unpaired) electrons. The maximum atomic E-state index is 12.6. The molecule has 2 aliphatic rings. The van der Waals surface area contributed by atoms with Crippen molar-refractivity contribution in [2.75, 3.05) is 18.8 Å². The Labute approximate surface area is 152 Å². The highest BCUT2D eigenvalue weighted by Gasteiger charge is 2.45. The van der Waals surface area contributed by atoms with Gasteiger partial charge in [0.2, 0.25) is 11.8 Å². The molecule has 1 aromatic rings. The van der Waals surface area contributed by atoms with Crippen molar-refractivity contribution in [1.29, 1.82) is 0 Å². The first kappa shape index (κ1) is 19.9. The highest BCUT2D eigenvalue weighted by atomic mass is 32.2. The molecule has 2 aliphatic heterocycles. The zero-order valence-corrected chi connectivity index (χ0v) is 15.3. The third-order valence-corrected chi connectivity index (χ3v) is 6.34. The van der Waals surface area contributed by atoms with Crippen molar-refractivity contribution in [3.05, 3.63) is 30.3 Å². The zero-order chi connectivity index (χ0) is 19.3. The zero-order valence-electron chi connectivity index (χ0n) is 14.4. The molecule has 0 aromatic heterocycles. The highest BCUT2D eigenvalue weighted by Crippen LogP contribution is 2.27. The Kier molecular flexibility index (Phi) is 6.36. The van der Waals surface area contributed by atoms with Crippen LogP contribution in [0.3, 0.4) is 0 Å². The molecule has 1 aromatic carbocycles. The van der Waals surface area contributed by atoms with Crippen LogP contribution in [0.25, 0.3) is 0 Å². The fraction of sp³-hybridized carbons (Fsp3) is 0.471. The first-order valence-electron chi connectivity index (χ1n) is 8.30. The standard InChI is InChI=1S/C16H20N2O4S.CH2O2/c1-12-15(19)18-9-5-8-14(18)16(20)17(12)10-11-23(21,22)13-6-3-2-4-7-13;2-1-3/h2-4,6-7,12,14H,5,8-11H2,1H3;1H,(H,2,3)/t12-,14+;/m0./s1. The molecule has 2 saturated heterocycles. The Morgan fingerprint density at radius 2 is 1.81 bits per heavy atom. The average molecular weight is 382 g/mol. The molecule has 1 N–H and O–H groups in total. The number of fused-ring (bicyclic) bond motifs is 1. The topological polar surface area (TPSA) is 112 Å². The van der Waals surface area contributed by atoms with Gasteiger partial charge in [0.25, 0.3) is 6.47 Å². The number of amides is 2. The van der Waals surface area contributed by atoms with Gasteiger partial charge < -0.3 is 14.9 Å². The van der Waals surface area contributed by atoms with E-state index in [-0.39, 0.29) is 35.5 Å². The molecule has 2 heterocycles. The van der Waals surface area contributed by atoms with Gasteiger partial charge in [0, 0.05) is 13.1 Å². The van der Waals surface area contributed by atoms with Crippen molar-refractivity contribution in [3.8, 4) is 0 Å². The number of carboxylic acid groups (broad SMARTS) is 1. The molecular formula is C17H22N2O6S. The molecule has 8 nitrogen and oxygen atoms in total. The maximum Gasteiger partial charge on any atom is 0.290 e. The third kappa shape index (κ3) is 4.04. The number of carbonyl (C=O) groups excluding carboxylic acids is 2. The second-order valence-electron chi connectivity index (χ2n) is 6.13. The Balaban J connectivity index is 0.000000758. The summed E-state index contributed by atoms with van der Waals surface area (Å²) in [5.74, 6) is -0.380. The van der Waals surface area contributed by atoms with Crippen molar-refractivity contribution in [2.24, 2.45) is 0 Å². The van der Waals surface area contributed by atoms with Crippen LogP contribution < -0.4 is 0 Å². The van der Waals surface area contributed by atoms with Crippen LogP contribution in [0.15, 0.2) is 35.2 Å². The second kappa shape index (κ2) is 8.31. The Morgan fingerprint density at radius 1 is 1.19 bits per heavy atom. The Morgan fingerprint density at radius 3 is 2.42 bits per heavy atom. The number of benzene rings is 1. The monoisotopic (exact) mass is 382 g/mol. The molecule has 0 aliphatic carbocycles. The van der Waals surface area contributed by atoms with Crippen LogP contribution in [-0.2, 0) is 24.2 Å². The number of nitrogens with zero attached hydrogens (tertiary/aromatic N) is 2. The molecule has 9 heteroatoms. The summed E-state index contributed by atoms with van der Waals surface area (Å²) in [6.07, 6.45) is 1.49. The Bertz CT molecular complexity index is 765. The van der Waals surface area contributed by atoms with Crippen LogP contribution in [0, 0.1) is 0 Å². The van der Waals surface area contributed by atoms with Crippen molar-refractivity contribution in [2.45, 2.75) is 36.7 Å². The van der Waals surface area contributed by atoms with Gasteiger partial charge in [-0.15, -0.1) is 0 Å². The smallest absolute Gasteiger partial charge is 0.290 e. The minimum absolute atomic E-state index is 0.0489. The van der Waals surface area contributed by atoms with Gasteiger partial charge in [-0.1, -0.05) is 18.2 Å². The number of hydrogen-bond acceptors (Lipinski definition) is 5. The van der Waals surface area contributed by atoms with E-state index in [9.17, 15) is 18.0 Å². The summed E-state index contributed by atoms with van der Waals surface area (Å²) in [7, 11) is -3.46. The Hall–Kier alpha value is -2.42. The summed E-state index contributed by atoms with van der Waals surface area (Å²) in [5.41, 5.74) is 0. The van der Waals surface area contributed by atoms with Gasteiger partial charge in [-0.2, -0.15) is 0 Å². The lowest BCUT2D eigenvalue weighted by molar-refractivity contribution is -0.158. The van der Waals surface area contributed by atoms with Crippen LogP contribution >= 0.6 is 0 Å². The first-order chi connectivity index (χ1) is 12.3. The maximum absolute atomic E-state index is 12.6.